The van der Waals surface area contributed by atoms with E-state index >= 15 is 0 Å². The van der Waals surface area contributed by atoms with Gasteiger partial charge in [0.1, 0.15) is 5.02 Å². The summed E-state index contributed by atoms with van der Waals surface area (Å²) in [4.78, 5) is 37.7. The highest BCUT2D eigenvalue weighted by Crippen LogP contribution is 2.28. The molecule has 1 atom stereocenters. The molecule has 11 heteroatoms. The number of rotatable bonds is 6. The number of ether oxygens (including phenoxy) is 1. The van der Waals surface area contributed by atoms with E-state index in [1.165, 1.54) is 11.6 Å². The van der Waals surface area contributed by atoms with Crippen LogP contribution in [0.2, 0.25) is 5.02 Å². The topological polar surface area (TPSA) is 105 Å². The maximum Gasteiger partial charge on any atom is 0.293 e. The average Bonchev–Trinajstić information content (AvgIpc) is 2.83. The Labute approximate surface area is 202 Å². The van der Waals surface area contributed by atoms with Crippen LogP contribution in [0.5, 0.6) is 5.75 Å². The van der Waals surface area contributed by atoms with E-state index < -0.39 is 0 Å². The monoisotopic (exact) mass is 485 g/mol. The highest BCUT2D eigenvalue weighted by molar-refractivity contribution is 6.32. The molecule has 1 unspecified atom stereocenters. The summed E-state index contributed by atoms with van der Waals surface area (Å²) in [6.07, 6.45) is 1.60. The number of hydrogen-bond donors (Lipinski definition) is 2. The first-order valence-corrected chi connectivity index (χ1v) is 11.4. The van der Waals surface area contributed by atoms with Crippen LogP contribution >= 0.6 is 11.6 Å². The van der Waals surface area contributed by atoms with Crippen molar-refractivity contribution in [2.75, 3.05) is 50.6 Å². The first-order valence-electron chi connectivity index (χ1n) is 11.0. The molecule has 1 aromatic carbocycles. The van der Waals surface area contributed by atoms with E-state index in [9.17, 15) is 9.59 Å². The number of pyridine rings is 1. The molecule has 3 heterocycles. The lowest BCUT2D eigenvalue weighted by Gasteiger charge is -2.37. The van der Waals surface area contributed by atoms with E-state index in [4.69, 9.17) is 16.3 Å². The summed E-state index contributed by atoms with van der Waals surface area (Å²) in [5, 5.41) is 6.90. The minimum atomic E-state index is -0.318. The van der Waals surface area contributed by atoms with Gasteiger partial charge in [0.05, 0.1) is 11.7 Å². The van der Waals surface area contributed by atoms with Gasteiger partial charge in [-0.2, -0.15) is 4.98 Å². The number of hydrogen-bond acceptors (Lipinski definition) is 8. The number of piperazine rings is 1. The third kappa shape index (κ3) is 4.92. The molecule has 1 fully saturated rings. The molecule has 34 heavy (non-hydrogen) atoms. The van der Waals surface area contributed by atoms with Crippen LogP contribution in [0, 0.1) is 0 Å². The molecule has 4 rings (SSSR count). The Morgan fingerprint density at radius 2 is 2.06 bits per heavy atom. The van der Waals surface area contributed by atoms with Gasteiger partial charge in [0, 0.05) is 50.8 Å². The maximum absolute atomic E-state index is 12.6. The fourth-order valence-corrected chi connectivity index (χ4v) is 3.95. The van der Waals surface area contributed by atoms with Crippen molar-refractivity contribution in [3.8, 4) is 5.75 Å². The molecule has 3 aromatic rings. The second kappa shape index (κ2) is 9.86. The number of amides is 1. The number of carbonyl (C=O) groups excluding carboxylic acids is 1. The van der Waals surface area contributed by atoms with E-state index in [1.54, 1.807) is 19.3 Å². The molecule has 10 nitrogen and oxygen atoms in total. The highest BCUT2D eigenvalue weighted by Gasteiger charge is 2.23. The molecule has 1 aliphatic heterocycles. The largest absolute Gasteiger partial charge is 0.478 e. The van der Waals surface area contributed by atoms with E-state index in [2.05, 4.69) is 44.4 Å². The van der Waals surface area contributed by atoms with E-state index in [-0.39, 0.29) is 23.8 Å². The zero-order valence-corrected chi connectivity index (χ0v) is 20.4. The van der Waals surface area contributed by atoms with Gasteiger partial charge < -0.3 is 29.7 Å². The Balaban J connectivity index is 1.61. The number of benzene rings is 1. The van der Waals surface area contributed by atoms with Crippen molar-refractivity contribution < 1.29 is 9.53 Å². The predicted octanol–water partition coefficient (Wildman–Crippen LogP) is 1.99. The number of nitrogens with one attached hydrogen (secondary N) is 2. The van der Waals surface area contributed by atoms with Crippen LogP contribution in [-0.4, -0.2) is 71.7 Å². The molecule has 0 aliphatic carbocycles. The minimum absolute atomic E-state index is 0.0993. The molecule has 0 radical (unpaired) electrons. The third-order valence-corrected chi connectivity index (χ3v) is 6.34. The van der Waals surface area contributed by atoms with Crippen LogP contribution in [0.4, 0.5) is 17.5 Å². The first-order chi connectivity index (χ1) is 16.3. The number of anilines is 3. The van der Waals surface area contributed by atoms with Crippen molar-refractivity contribution in [1.82, 2.24) is 24.8 Å². The predicted molar refractivity (Wildman–Crippen MR) is 133 cm³/mol. The Kier molecular flexibility index (Phi) is 6.90. The summed E-state index contributed by atoms with van der Waals surface area (Å²) in [6.45, 7) is 4.55. The van der Waals surface area contributed by atoms with E-state index in [0.717, 1.165) is 36.2 Å². The van der Waals surface area contributed by atoms with Gasteiger partial charge in [0.15, 0.2) is 18.2 Å². The summed E-state index contributed by atoms with van der Waals surface area (Å²) < 4.78 is 6.93. The molecule has 2 N–H and O–H groups in total. The van der Waals surface area contributed by atoms with E-state index in [0.29, 0.717) is 22.8 Å². The SMILES string of the molecule is CNC(=O)COc1cc2cc(Nc3nc(N4CCN(C)C(C)C4)ncc3Cl)ccc2n(C)c1=O. The van der Waals surface area contributed by atoms with Crippen LogP contribution in [0.3, 0.4) is 0 Å². The molecule has 1 aliphatic rings. The lowest BCUT2D eigenvalue weighted by Crippen LogP contribution is -2.50. The van der Waals surface area contributed by atoms with Gasteiger partial charge in [0.2, 0.25) is 5.95 Å². The van der Waals surface area contributed by atoms with Crippen molar-refractivity contribution in [2.24, 2.45) is 7.05 Å². The number of aryl methyl sites for hydroxylation is 1. The molecule has 180 valence electrons. The zero-order valence-electron chi connectivity index (χ0n) is 19.6. The summed E-state index contributed by atoms with van der Waals surface area (Å²) in [5.74, 6) is 0.905. The summed E-state index contributed by atoms with van der Waals surface area (Å²) >= 11 is 6.39. The number of likely N-dealkylation sites (N-methyl/N-ethyl adjacent to an activating group) is 2. The quantitative estimate of drug-likeness (QED) is 0.546. The summed E-state index contributed by atoms with van der Waals surface area (Å²) in [5.41, 5.74) is 1.15. The van der Waals surface area contributed by atoms with Crippen molar-refractivity contribution in [3.63, 3.8) is 0 Å². The standard InChI is InChI=1S/C23H28ClN7O3/c1-14-12-31(8-7-29(14)3)23-26-11-17(24)21(28-23)27-16-5-6-18-15(9-16)10-19(22(33)30(18)4)34-13-20(32)25-2/h5-6,9-11,14H,7-8,12-13H2,1-4H3,(H,25,32)(H,26,27,28). The van der Waals surface area contributed by atoms with Crippen LogP contribution < -0.4 is 25.8 Å². The molecule has 0 saturated carbocycles. The molecular formula is C23H28ClN7O3. The van der Waals surface area contributed by atoms with Gasteiger partial charge in [-0.25, -0.2) is 4.98 Å². The van der Waals surface area contributed by atoms with Gasteiger partial charge >= 0.3 is 0 Å². The lowest BCUT2D eigenvalue weighted by atomic mass is 10.2. The average molecular weight is 486 g/mol. The number of fused-ring (bicyclic) bond motifs is 1. The molecule has 1 saturated heterocycles. The van der Waals surface area contributed by atoms with Gasteiger partial charge in [-0.05, 0) is 38.2 Å². The number of nitrogens with zero attached hydrogens (tertiary/aromatic N) is 5. The summed E-state index contributed by atoms with van der Waals surface area (Å²) in [7, 11) is 5.29. The maximum atomic E-state index is 12.6. The minimum Gasteiger partial charge on any atom is -0.478 e. The lowest BCUT2D eigenvalue weighted by molar-refractivity contribution is -0.122. The highest BCUT2D eigenvalue weighted by atomic mass is 35.5. The second-order valence-electron chi connectivity index (χ2n) is 8.38. The Morgan fingerprint density at radius 3 is 2.79 bits per heavy atom. The van der Waals surface area contributed by atoms with Crippen LogP contribution in [0.25, 0.3) is 10.9 Å². The third-order valence-electron chi connectivity index (χ3n) is 6.07. The fourth-order valence-electron chi connectivity index (χ4n) is 3.81. The van der Waals surface area contributed by atoms with Gasteiger partial charge in [-0.15, -0.1) is 0 Å². The Morgan fingerprint density at radius 1 is 1.26 bits per heavy atom. The number of halogens is 1. The normalized spacial score (nSPS) is 16.5. The van der Waals surface area contributed by atoms with Crippen molar-refractivity contribution >= 4 is 45.9 Å². The smallest absolute Gasteiger partial charge is 0.293 e. The molecule has 1 amide bonds. The van der Waals surface area contributed by atoms with Crippen molar-refractivity contribution in [1.29, 1.82) is 0 Å². The first kappa shape index (κ1) is 23.8. The molecular weight excluding hydrogens is 458 g/mol. The van der Waals surface area contributed by atoms with Gasteiger partial charge in [-0.1, -0.05) is 11.6 Å². The van der Waals surface area contributed by atoms with Crippen molar-refractivity contribution in [3.05, 3.63) is 45.8 Å². The molecule has 2 aromatic heterocycles. The van der Waals surface area contributed by atoms with E-state index in [1.807, 2.05) is 18.2 Å². The Bertz CT molecular complexity index is 1280. The number of aromatic nitrogens is 3. The Hall–Kier alpha value is -3.37. The number of carbonyl (C=O) groups is 1. The fraction of sp³-hybridized carbons (Fsp3) is 0.391. The zero-order chi connectivity index (χ0) is 24.4. The van der Waals surface area contributed by atoms with Gasteiger partial charge in [-0.3, -0.25) is 9.59 Å². The van der Waals surface area contributed by atoms with Crippen LogP contribution in [-0.2, 0) is 11.8 Å². The van der Waals surface area contributed by atoms with Gasteiger partial charge in [0.25, 0.3) is 11.5 Å². The van der Waals surface area contributed by atoms with Crippen LogP contribution in [0.1, 0.15) is 6.92 Å². The van der Waals surface area contributed by atoms with Crippen molar-refractivity contribution in [2.45, 2.75) is 13.0 Å². The summed E-state index contributed by atoms with van der Waals surface area (Å²) in [6, 6.07) is 7.58. The molecule has 0 bridgehead atoms. The van der Waals surface area contributed by atoms with Crippen LogP contribution in [0.15, 0.2) is 35.3 Å². The second-order valence-corrected chi connectivity index (χ2v) is 8.78. The molecule has 0 spiro atoms.